The Morgan fingerprint density at radius 2 is 2.14 bits per heavy atom. The van der Waals surface area contributed by atoms with E-state index in [-0.39, 0.29) is 17.5 Å². The molecule has 0 saturated carbocycles. The third-order valence-electron chi connectivity index (χ3n) is 3.89. The van der Waals surface area contributed by atoms with E-state index in [2.05, 4.69) is 17.2 Å². The van der Waals surface area contributed by atoms with Gasteiger partial charge in [0.1, 0.15) is 0 Å². The molecule has 5 nitrogen and oxygen atoms in total. The molecule has 0 aliphatic carbocycles. The number of hydrogen-bond donors (Lipinski definition) is 1. The van der Waals surface area contributed by atoms with Crippen LogP contribution in [0.1, 0.15) is 57.9 Å². The summed E-state index contributed by atoms with van der Waals surface area (Å²) >= 11 is 1.54. The Kier molecular flexibility index (Phi) is 6.96. The van der Waals surface area contributed by atoms with Gasteiger partial charge in [0.05, 0.1) is 6.04 Å². The van der Waals surface area contributed by atoms with Gasteiger partial charge in [0, 0.05) is 31.0 Å². The third kappa shape index (κ3) is 4.87. The quantitative estimate of drug-likeness (QED) is 0.560. The topological polar surface area (TPSA) is 64.0 Å². The highest BCUT2D eigenvalue weighted by molar-refractivity contribution is 7.99. The first-order chi connectivity index (χ1) is 10.7. The molecule has 1 aromatic rings. The lowest BCUT2D eigenvalue weighted by Gasteiger charge is -2.12. The van der Waals surface area contributed by atoms with Crippen LogP contribution in [0, 0.1) is 0 Å². The molecule has 1 amide bonds. The van der Waals surface area contributed by atoms with Gasteiger partial charge in [-0.25, -0.2) is 4.98 Å². The van der Waals surface area contributed by atoms with Gasteiger partial charge in [-0.05, 0) is 6.42 Å². The van der Waals surface area contributed by atoms with E-state index in [0.717, 1.165) is 23.9 Å². The lowest BCUT2D eigenvalue weighted by molar-refractivity contribution is -0.121. The van der Waals surface area contributed by atoms with Crippen LogP contribution in [0.5, 0.6) is 0 Å². The SMILES string of the molecule is CCCCCCCCNC(=O)CC1CSc2nccc(=O)n21. The zero-order chi connectivity index (χ0) is 15.8. The summed E-state index contributed by atoms with van der Waals surface area (Å²) in [6.45, 7) is 2.94. The maximum absolute atomic E-state index is 12.0. The Morgan fingerprint density at radius 1 is 1.36 bits per heavy atom. The van der Waals surface area contributed by atoms with Gasteiger partial charge in [-0.1, -0.05) is 50.8 Å². The van der Waals surface area contributed by atoms with Crippen LogP contribution in [0.3, 0.4) is 0 Å². The zero-order valence-electron chi connectivity index (χ0n) is 13.2. The molecule has 6 heteroatoms. The van der Waals surface area contributed by atoms with Gasteiger partial charge in [0.25, 0.3) is 5.56 Å². The van der Waals surface area contributed by atoms with Crippen LogP contribution in [0.2, 0.25) is 0 Å². The lowest BCUT2D eigenvalue weighted by atomic mass is 10.1. The van der Waals surface area contributed by atoms with Gasteiger partial charge in [-0.15, -0.1) is 0 Å². The predicted molar refractivity (Wildman–Crippen MR) is 89.3 cm³/mol. The minimum Gasteiger partial charge on any atom is -0.356 e. The van der Waals surface area contributed by atoms with Crippen molar-refractivity contribution >= 4 is 17.7 Å². The number of carbonyl (C=O) groups is 1. The van der Waals surface area contributed by atoms with Gasteiger partial charge >= 0.3 is 0 Å². The molecule has 2 rings (SSSR count). The predicted octanol–water partition coefficient (Wildman–Crippen LogP) is 2.76. The number of fused-ring (bicyclic) bond motifs is 1. The number of nitrogens with one attached hydrogen (secondary N) is 1. The smallest absolute Gasteiger partial charge is 0.254 e. The van der Waals surface area contributed by atoms with E-state index in [1.54, 1.807) is 16.3 Å². The third-order valence-corrected chi connectivity index (χ3v) is 5.00. The molecule has 0 aromatic carbocycles. The van der Waals surface area contributed by atoms with Crippen LogP contribution >= 0.6 is 11.8 Å². The molecule has 1 N–H and O–H groups in total. The number of carbonyl (C=O) groups excluding carboxylic acids is 1. The number of nitrogens with zero attached hydrogens (tertiary/aromatic N) is 2. The van der Waals surface area contributed by atoms with Crippen LogP contribution in [0.15, 0.2) is 22.2 Å². The molecule has 0 bridgehead atoms. The van der Waals surface area contributed by atoms with E-state index in [0.29, 0.717) is 6.42 Å². The van der Waals surface area contributed by atoms with Crippen molar-refractivity contribution in [3.63, 3.8) is 0 Å². The lowest BCUT2D eigenvalue weighted by Crippen LogP contribution is -2.30. The van der Waals surface area contributed by atoms with Crippen LogP contribution in [0.4, 0.5) is 0 Å². The van der Waals surface area contributed by atoms with E-state index in [4.69, 9.17) is 0 Å². The number of thioether (sulfide) groups is 1. The number of aromatic nitrogens is 2. The van der Waals surface area contributed by atoms with E-state index >= 15 is 0 Å². The van der Waals surface area contributed by atoms with E-state index in [1.807, 2.05) is 0 Å². The summed E-state index contributed by atoms with van der Waals surface area (Å²) in [4.78, 5) is 28.0. The Labute approximate surface area is 135 Å². The van der Waals surface area contributed by atoms with E-state index in [9.17, 15) is 9.59 Å². The first-order valence-electron chi connectivity index (χ1n) is 8.19. The Balaban J connectivity index is 1.68. The van der Waals surface area contributed by atoms with Crippen molar-refractivity contribution in [2.75, 3.05) is 12.3 Å². The van der Waals surface area contributed by atoms with Crippen molar-refractivity contribution in [1.82, 2.24) is 14.9 Å². The summed E-state index contributed by atoms with van der Waals surface area (Å²) in [7, 11) is 0. The monoisotopic (exact) mass is 323 g/mol. The fourth-order valence-electron chi connectivity index (χ4n) is 2.66. The van der Waals surface area contributed by atoms with Gasteiger partial charge in [-0.2, -0.15) is 0 Å². The Bertz CT molecular complexity index is 544. The number of unbranched alkanes of at least 4 members (excludes halogenated alkanes) is 5. The average Bonchev–Trinajstić information content (AvgIpc) is 2.91. The second-order valence-corrected chi connectivity index (χ2v) is 6.71. The first kappa shape index (κ1) is 17.1. The maximum atomic E-state index is 12.0. The Hall–Kier alpha value is -1.30. The summed E-state index contributed by atoms with van der Waals surface area (Å²) in [5, 5.41) is 3.69. The minimum atomic E-state index is -0.0660. The summed E-state index contributed by atoms with van der Waals surface area (Å²) in [6.07, 6.45) is 9.19. The van der Waals surface area contributed by atoms with Crippen molar-refractivity contribution in [2.24, 2.45) is 0 Å². The van der Waals surface area contributed by atoms with Crippen molar-refractivity contribution in [3.05, 3.63) is 22.6 Å². The van der Waals surface area contributed by atoms with E-state index in [1.165, 1.54) is 44.4 Å². The number of amides is 1. The van der Waals surface area contributed by atoms with Gasteiger partial charge in [0.2, 0.25) is 5.91 Å². The molecule has 1 aliphatic rings. The summed E-state index contributed by atoms with van der Waals surface area (Å²) in [5.41, 5.74) is -0.0660. The van der Waals surface area contributed by atoms with E-state index < -0.39 is 0 Å². The normalized spacial score (nSPS) is 16.5. The molecule has 0 radical (unpaired) electrons. The molecule has 22 heavy (non-hydrogen) atoms. The maximum Gasteiger partial charge on any atom is 0.254 e. The van der Waals surface area contributed by atoms with Crippen molar-refractivity contribution < 1.29 is 4.79 Å². The van der Waals surface area contributed by atoms with Crippen LogP contribution < -0.4 is 10.9 Å². The fourth-order valence-corrected chi connectivity index (χ4v) is 3.78. The molecule has 2 heterocycles. The minimum absolute atomic E-state index is 0.0303. The Morgan fingerprint density at radius 3 is 2.95 bits per heavy atom. The fraction of sp³-hybridized carbons (Fsp3) is 0.688. The molecule has 1 aromatic heterocycles. The molecule has 1 aliphatic heterocycles. The van der Waals surface area contributed by atoms with Gasteiger partial charge in [-0.3, -0.25) is 14.2 Å². The van der Waals surface area contributed by atoms with Crippen molar-refractivity contribution in [3.8, 4) is 0 Å². The molecular weight excluding hydrogens is 298 g/mol. The molecule has 0 saturated heterocycles. The van der Waals surface area contributed by atoms with Crippen molar-refractivity contribution in [2.45, 2.75) is 63.1 Å². The van der Waals surface area contributed by atoms with Gasteiger partial charge < -0.3 is 5.32 Å². The second-order valence-electron chi connectivity index (χ2n) is 5.72. The number of rotatable bonds is 9. The molecule has 122 valence electrons. The molecule has 1 unspecified atom stereocenters. The highest BCUT2D eigenvalue weighted by Gasteiger charge is 2.26. The standard InChI is InChI=1S/C16H25N3O2S/c1-2-3-4-5-6-7-9-17-14(20)11-13-12-22-16-18-10-8-15(21)19(13)16/h8,10,13H,2-7,9,11-12H2,1H3,(H,17,20). The van der Waals surface area contributed by atoms with Crippen molar-refractivity contribution in [1.29, 1.82) is 0 Å². The summed E-state index contributed by atoms with van der Waals surface area (Å²) in [6, 6.07) is 1.39. The molecule has 0 fully saturated rings. The van der Waals surface area contributed by atoms with Crippen LogP contribution in [-0.2, 0) is 4.79 Å². The average molecular weight is 323 g/mol. The van der Waals surface area contributed by atoms with Gasteiger partial charge in [0.15, 0.2) is 5.16 Å². The molecule has 0 spiro atoms. The zero-order valence-corrected chi connectivity index (χ0v) is 14.0. The summed E-state index contributed by atoms with van der Waals surface area (Å²) in [5.74, 6) is 0.777. The summed E-state index contributed by atoms with van der Waals surface area (Å²) < 4.78 is 1.65. The molecule has 1 atom stereocenters. The number of hydrogen-bond acceptors (Lipinski definition) is 4. The largest absolute Gasteiger partial charge is 0.356 e. The highest BCUT2D eigenvalue weighted by atomic mass is 32.2. The first-order valence-corrected chi connectivity index (χ1v) is 9.18. The second kappa shape index (κ2) is 8.98. The van der Waals surface area contributed by atoms with Crippen LogP contribution in [0.25, 0.3) is 0 Å². The molecular formula is C16H25N3O2S. The van der Waals surface area contributed by atoms with Crippen LogP contribution in [-0.4, -0.2) is 27.8 Å². The highest BCUT2D eigenvalue weighted by Crippen LogP contribution is 2.31.